The molecule has 18 nitrogen and oxygen atoms in total. The fourth-order valence-corrected chi connectivity index (χ4v) is 8.09. The molecule has 3 heterocycles. The second-order valence-corrected chi connectivity index (χ2v) is 14.4. The van der Waals surface area contributed by atoms with E-state index >= 15 is 0 Å². The highest BCUT2D eigenvalue weighted by atomic mass is 32.1. The maximum Gasteiger partial charge on any atom is 0.490 e. The highest BCUT2D eigenvalue weighted by Gasteiger charge is 2.49. The second-order valence-electron chi connectivity index (χ2n) is 9.12. The third kappa shape index (κ3) is 7.08. The number of hydrogen-bond donors (Lipinski definition) is 8. The molecule has 22 heteroatoms. The van der Waals surface area contributed by atoms with Crippen LogP contribution in [0.4, 0.5) is 5.82 Å². The molecule has 4 unspecified atom stereocenters. The van der Waals surface area contributed by atoms with E-state index in [1.54, 1.807) is 0 Å². The predicted molar refractivity (Wildman–Crippen MR) is 134 cm³/mol. The Morgan fingerprint density at radius 3 is 2.28 bits per heavy atom. The molecule has 1 saturated carbocycles. The van der Waals surface area contributed by atoms with Gasteiger partial charge < -0.3 is 40.3 Å². The van der Waals surface area contributed by atoms with Crippen LogP contribution in [0.25, 0.3) is 11.2 Å². The van der Waals surface area contributed by atoms with E-state index in [4.69, 9.17) is 32.9 Å². The number of phosphoric acid groups is 3. The second kappa shape index (κ2) is 11.3. The summed E-state index contributed by atoms with van der Waals surface area (Å²) >= 11 is 4.94. The molecule has 2 aliphatic rings. The van der Waals surface area contributed by atoms with Crippen molar-refractivity contribution in [3.05, 3.63) is 12.2 Å². The van der Waals surface area contributed by atoms with E-state index in [0.717, 1.165) is 25.7 Å². The summed E-state index contributed by atoms with van der Waals surface area (Å²) < 4.78 is 52.8. The summed E-state index contributed by atoms with van der Waals surface area (Å²) in [4.78, 5) is 49.1. The summed E-state index contributed by atoms with van der Waals surface area (Å²) in [6.45, 7) is -0.969. The minimum Gasteiger partial charge on any atom is -0.387 e. The van der Waals surface area contributed by atoms with Crippen molar-refractivity contribution in [3.63, 3.8) is 0 Å². The number of aliphatic hydroxyl groups is 2. The molecule has 220 valence electrons. The van der Waals surface area contributed by atoms with Crippen LogP contribution in [-0.2, 0) is 36.3 Å². The summed E-state index contributed by atoms with van der Waals surface area (Å²) in [7, 11) is -16.8. The fraction of sp³-hybridized carbons (Fsp3) is 0.706. The predicted octanol–water partition coefficient (Wildman–Crippen LogP) is 0.850. The van der Waals surface area contributed by atoms with Crippen molar-refractivity contribution in [2.75, 3.05) is 12.3 Å². The number of imidazole rings is 1. The number of anilines is 1. The lowest BCUT2D eigenvalue weighted by Crippen LogP contribution is -2.34. The van der Waals surface area contributed by atoms with Gasteiger partial charge in [0.15, 0.2) is 23.2 Å². The third-order valence-corrected chi connectivity index (χ3v) is 10.7. The van der Waals surface area contributed by atoms with Crippen LogP contribution in [0, 0.1) is 0 Å². The van der Waals surface area contributed by atoms with Crippen LogP contribution in [0.1, 0.15) is 50.6 Å². The van der Waals surface area contributed by atoms with Gasteiger partial charge in [-0.05, 0) is 12.8 Å². The zero-order valence-electron chi connectivity index (χ0n) is 20.0. The van der Waals surface area contributed by atoms with Gasteiger partial charge in [0, 0.05) is 0 Å². The molecule has 1 saturated heterocycles. The Balaban J connectivity index is 1.60. The van der Waals surface area contributed by atoms with Crippen LogP contribution < -0.4 is 5.73 Å². The molecule has 2 aromatic heterocycles. The van der Waals surface area contributed by atoms with Gasteiger partial charge in [0.05, 0.1) is 11.4 Å². The lowest BCUT2D eigenvalue weighted by atomic mass is 9.97. The number of aromatic nitrogens is 4. The smallest absolute Gasteiger partial charge is 0.387 e. The van der Waals surface area contributed by atoms with E-state index in [1.807, 2.05) is 0 Å². The Labute approximate surface area is 226 Å². The van der Waals surface area contributed by atoms with E-state index in [0.29, 0.717) is 18.7 Å². The number of nitrogen functional groups attached to an aromatic ring is 1. The minimum atomic E-state index is -5.74. The monoisotopic (exact) mass is 635 g/mol. The average molecular weight is 635 g/mol. The number of phosphoric ester groups is 1. The highest BCUT2D eigenvalue weighted by molar-refractivity contribution is 7.81. The van der Waals surface area contributed by atoms with Gasteiger partial charge in [-0.3, -0.25) is 9.09 Å². The van der Waals surface area contributed by atoms with Crippen LogP contribution >= 0.6 is 36.1 Å². The van der Waals surface area contributed by atoms with Crippen LogP contribution in [-0.4, -0.2) is 74.2 Å². The van der Waals surface area contributed by atoms with E-state index < -0.39 is 59.4 Å². The number of ether oxygens (including phenoxy) is 1. The van der Waals surface area contributed by atoms with Gasteiger partial charge in [0.2, 0.25) is 0 Å². The summed E-state index contributed by atoms with van der Waals surface area (Å²) in [5, 5.41) is 21.5. The molecule has 2 fully saturated rings. The zero-order chi connectivity index (χ0) is 28.8. The molecule has 8 N–H and O–H groups in total. The van der Waals surface area contributed by atoms with Crippen LogP contribution in [0.2, 0.25) is 0 Å². The maximum atomic E-state index is 12.1. The van der Waals surface area contributed by atoms with Crippen molar-refractivity contribution in [1.82, 2.24) is 19.5 Å². The first-order valence-corrected chi connectivity index (χ1v) is 16.5. The summed E-state index contributed by atoms with van der Waals surface area (Å²) in [6.07, 6.45) is -0.0561. The lowest BCUT2D eigenvalue weighted by Gasteiger charge is -2.30. The number of aliphatic hydroxyl groups excluding tert-OH is 2. The third-order valence-electron chi connectivity index (χ3n) is 6.26. The summed E-state index contributed by atoms with van der Waals surface area (Å²) in [6, 6.07) is 0. The largest absolute Gasteiger partial charge is 0.490 e. The Kier molecular flexibility index (Phi) is 9.00. The maximum absolute atomic E-state index is 12.1. The fourth-order valence-electron chi connectivity index (χ4n) is 4.58. The first kappa shape index (κ1) is 30.9. The van der Waals surface area contributed by atoms with Gasteiger partial charge in [-0.25, -0.2) is 28.6 Å². The van der Waals surface area contributed by atoms with E-state index in [-0.39, 0.29) is 17.0 Å². The van der Waals surface area contributed by atoms with E-state index in [9.17, 15) is 33.7 Å². The van der Waals surface area contributed by atoms with Gasteiger partial charge in [0.1, 0.15) is 30.5 Å². The van der Waals surface area contributed by atoms with Crippen molar-refractivity contribution in [2.24, 2.45) is 0 Å². The van der Waals surface area contributed by atoms with Crippen LogP contribution in [0.15, 0.2) is 6.33 Å². The molecule has 2 aromatic rings. The molecule has 0 spiro atoms. The minimum absolute atomic E-state index is 0.0581. The number of nitrogens with zero attached hydrogens (tertiary/aromatic N) is 4. The number of hydrogen-bond acceptors (Lipinski definition) is 14. The first-order chi connectivity index (χ1) is 18.0. The molecule has 6 atom stereocenters. The molecule has 4 rings (SSSR count). The molecule has 39 heavy (non-hydrogen) atoms. The van der Waals surface area contributed by atoms with Crippen LogP contribution in [0.3, 0.4) is 0 Å². The van der Waals surface area contributed by atoms with Gasteiger partial charge in [-0.1, -0.05) is 25.7 Å². The number of rotatable bonds is 9. The molecular formula is C17H28N5O13P3S. The summed E-state index contributed by atoms with van der Waals surface area (Å²) in [5.74, 6) is 0.419. The number of thiol groups is 1. The molecule has 0 aromatic carbocycles. The van der Waals surface area contributed by atoms with Gasteiger partial charge in [-0.2, -0.15) is 21.3 Å². The standard InChI is InChI=1S/C17H28N5O13P3S/c18-13-10-14(20-8-19-13)22(16(21-10)17(39)5-3-1-2-4-6-17)15-12(24)11(23)9(33-15)7-32-37(28,29)35-38(30,31)34-36(25,26)27/h8-9,11-12,15,23-24,39H,1-7H2,(H,28,29)(H,30,31)(H2,18,19,20)(H2,25,26,27)/t9-,11?,12?,15-/m1/s1. The van der Waals surface area contributed by atoms with E-state index in [2.05, 4.69) is 28.1 Å². The molecule has 1 aliphatic carbocycles. The zero-order valence-corrected chi connectivity index (χ0v) is 23.6. The van der Waals surface area contributed by atoms with Crippen molar-refractivity contribution in [3.8, 4) is 0 Å². The average Bonchev–Trinajstić information content (AvgIpc) is 3.22. The van der Waals surface area contributed by atoms with Crippen molar-refractivity contribution >= 4 is 53.1 Å². The SMILES string of the molecule is Nc1ncnc2c1nc(C1(S)CCCCCC1)n2[C@@H]1O[C@H](COP(=O)(O)OP(=O)(O)OP(=O)(O)O)C(O)C1O. The van der Waals surface area contributed by atoms with Gasteiger partial charge in [0.25, 0.3) is 0 Å². The summed E-state index contributed by atoms with van der Waals surface area (Å²) in [5.41, 5.74) is 6.41. The topological polar surface area (TPSA) is 279 Å². The lowest BCUT2D eigenvalue weighted by molar-refractivity contribution is -0.0522. The molecular weight excluding hydrogens is 607 g/mol. The van der Waals surface area contributed by atoms with Crippen LogP contribution in [0.5, 0.6) is 0 Å². The Hall–Kier alpha value is -1.01. The Bertz CT molecular complexity index is 1350. The molecule has 0 radical (unpaired) electrons. The first-order valence-electron chi connectivity index (χ1n) is 11.5. The quantitative estimate of drug-likeness (QED) is 0.108. The molecule has 0 bridgehead atoms. The Morgan fingerprint density at radius 2 is 1.67 bits per heavy atom. The Morgan fingerprint density at radius 1 is 1.03 bits per heavy atom. The molecule has 0 amide bonds. The molecule has 1 aliphatic heterocycles. The normalized spacial score (nSPS) is 29.1. The van der Waals surface area contributed by atoms with Gasteiger partial charge >= 0.3 is 23.5 Å². The number of nitrogens with two attached hydrogens (primary N) is 1. The van der Waals surface area contributed by atoms with Crippen molar-refractivity contribution < 1.29 is 61.4 Å². The van der Waals surface area contributed by atoms with E-state index in [1.165, 1.54) is 10.9 Å². The van der Waals surface area contributed by atoms with Crippen molar-refractivity contribution in [1.29, 1.82) is 0 Å². The number of fused-ring (bicyclic) bond motifs is 1. The van der Waals surface area contributed by atoms with Gasteiger partial charge in [-0.15, -0.1) is 0 Å². The highest BCUT2D eigenvalue weighted by Crippen LogP contribution is 2.66. The van der Waals surface area contributed by atoms with Crippen molar-refractivity contribution in [2.45, 2.75) is 67.8 Å².